The summed E-state index contributed by atoms with van der Waals surface area (Å²) in [5.74, 6) is -0.187. The van der Waals surface area contributed by atoms with E-state index in [1.165, 1.54) is 6.42 Å². The van der Waals surface area contributed by atoms with Crippen molar-refractivity contribution in [1.29, 1.82) is 0 Å². The summed E-state index contributed by atoms with van der Waals surface area (Å²) in [6, 6.07) is 13.9. The fraction of sp³-hybridized carbons (Fsp3) is 0.400. The molecule has 1 saturated carbocycles. The highest BCUT2D eigenvalue weighted by Gasteiger charge is 2.48. The van der Waals surface area contributed by atoms with Gasteiger partial charge in [0, 0.05) is 35.9 Å². The maximum atomic E-state index is 13.7. The number of carbonyl (C=O) groups excluding carboxylic acids is 2. The van der Waals surface area contributed by atoms with Crippen LogP contribution in [0.3, 0.4) is 0 Å². The molecule has 6 heteroatoms. The van der Waals surface area contributed by atoms with E-state index in [0.717, 1.165) is 42.1 Å². The van der Waals surface area contributed by atoms with Crippen molar-refractivity contribution in [2.75, 3.05) is 0 Å². The van der Waals surface area contributed by atoms with E-state index >= 15 is 0 Å². The second kappa shape index (κ2) is 7.84. The average molecular weight is 417 g/mol. The molecule has 1 aliphatic heterocycles. The second-order valence-corrected chi connectivity index (χ2v) is 9.01. The lowest BCUT2D eigenvalue weighted by Crippen LogP contribution is -2.64. The zero-order valence-electron chi connectivity index (χ0n) is 17.9. The van der Waals surface area contributed by atoms with Crippen LogP contribution in [-0.2, 0) is 17.9 Å². The van der Waals surface area contributed by atoms with Gasteiger partial charge in [-0.25, -0.2) is 0 Å². The van der Waals surface area contributed by atoms with Crippen LogP contribution in [0.15, 0.2) is 54.9 Å². The predicted octanol–water partition coefficient (Wildman–Crippen LogP) is 3.90. The number of aromatic nitrogens is 2. The van der Waals surface area contributed by atoms with Crippen molar-refractivity contribution >= 4 is 22.7 Å². The third-order valence-corrected chi connectivity index (χ3v) is 6.83. The Hall–Kier alpha value is -3.15. The molecule has 1 aliphatic carbocycles. The smallest absolute Gasteiger partial charge is 0.271 e. The summed E-state index contributed by atoms with van der Waals surface area (Å²) in [4.78, 5) is 33.3. The Morgan fingerprint density at radius 1 is 1.16 bits per heavy atom. The molecule has 160 valence electrons. The van der Waals surface area contributed by atoms with E-state index in [1.54, 1.807) is 17.3 Å². The molecule has 0 radical (unpaired) electrons. The molecular weight excluding hydrogens is 388 g/mol. The van der Waals surface area contributed by atoms with Gasteiger partial charge < -0.3 is 14.8 Å². The normalized spacial score (nSPS) is 21.8. The number of carbonyl (C=O) groups is 2. The zero-order valence-corrected chi connectivity index (χ0v) is 17.9. The SMILES string of the molecule is C[C@@]1(C(=O)NC2CCCCC2)Cn2c(cc3ccccc32)C(=O)N1Cc1cccnc1. The number of benzene rings is 1. The van der Waals surface area contributed by atoms with E-state index in [2.05, 4.69) is 10.3 Å². The van der Waals surface area contributed by atoms with Crippen molar-refractivity contribution in [3.05, 3.63) is 66.1 Å². The van der Waals surface area contributed by atoms with Crippen LogP contribution in [0.5, 0.6) is 0 Å². The van der Waals surface area contributed by atoms with Gasteiger partial charge in [-0.2, -0.15) is 0 Å². The number of hydrogen-bond acceptors (Lipinski definition) is 3. The number of amides is 2. The number of rotatable bonds is 4. The molecule has 2 aliphatic rings. The van der Waals surface area contributed by atoms with Crippen LogP contribution in [0.1, 0.15) is 55.1 Å². The standard InChI is InChI=1S/C25H28N4O2/c1-25(24(31)27-20-10-3-2-4-11-20)17-28-21-12-6-5-9-19(21)14-22(28)23(30)29(25)16-18-8-7-13-26-15-18/h5-9,12-15,20H,2-4,10-11,16-17H2,1H3,(H,27,31)/t25-/m0/s1. The first-order valence-electron chi connectivity index (χ1n) is 11.2. The van der Waals surface area contributed by atoms with Gasteiger partial charge in [0.05, 0.1) is 6.54 Å². The maximum Gasteiger partial charge on any atom is 0.271 e. The van der Waals surface area contributed by atoms with Gasteiger partial charge in [0.25, 0.3) is 5.91 Å². The van der Waals surface area contributed by atoms with Crippen molar-refractivity contribution in [1.82, 2.24) is 19.8 Å². The number of fused-ring (bicyclic) bond motifs is 3. The number of hydrogen-bond donors (Lipinski definition) is 1. The van der Waals surface area contributed by atoms with E-state index in [-0.39, 0.29) is 17.9 Å². The molecule has 31 heavy (non-hydrogen) atoms. The Balaban J connectivity index is 1.55. The topological polar surface area (TPSA) is 67.2 Å². The van der Waals surface area contributed by atoms with E-state index in [0.29, 0.717) is 18.8 Å². The van der Waals surface area contributed by atoms with Crippen LogP contribution in [0.2, 0.25) is 0 Å². The average Bonchev–Trinajstić information content (AvgIpc) is 3.16. The Morgan fingerprint density at radius 3 is 2.74 bits per heavy atom. The molecule has 5 rings (SSSR count). The molecule has 2 amide bonds. The second-order valence-electron chi connectivity index (χ2n) is 9.01. The lowest BCUT2D eigenvalue weighted by atomic mass is 9.91. The van der Waals surface area contributed by atoms with Gasteiger partial charge in [-0.3, -0.25) is 14.6 Å². The van der Waals surface area contributed by atoms with E-state index in [4.69, 9.17) is 0 Å². The van der Waals surface area contributed by atoms with Crippen molar-refractivity contribution in [3.63, 3.8) is 0 Å². The minimum absolute atomic E-state index is 0.0694. The molecule has 2 aromatic heterocycles. The Labute approximate surface area is 182 Å². The van der Waals surface area contributed by atoms with E-state index < -0.39 is 5.54 Å². The summed E-state index contributed by atoms with van der Waals surface area (Å²) in [6.45, 7) is 2.68. The van der Waals surface area contributed by atoms with Crippen molar-refractivity contribution < 1.29 is 9.59 Å². The molecule has 1 aromatic carbocycles. The van der Waals surface area contributed by atoms with Crippen LogP contribution >= 0.6 is 0 Å². The lowest BCUT2D eigenvalue weighted by molar-refractivity contribution is -0.134. The summed E-state index contributed by atoms with van der Waals surface area (Å²) in [5.41, 5.74) is 1.55. The first kappa shape index (κ1) is 19.8. The van der Waals surface area contributed by atoms with E-state index in [9.17, 15) is 9.59 Å². The Morgan fingerprint density at radius 2 is 1.97 bits per heavy atom. The number of para-hydroxylation sites is 1. The number of nitrogens with one attached hydrogen (secondary N) is 1. The largest absolute Gasteiger partial charge is 0.351 e. The van der Waals surface area contributed by atoms with Gasteiger partial charge in [0.15, 0.2) is 0 Å². The Kier molecular flexibility index (Phi) is 5.00. The molecule has 6 nitrogen and oxygen atoms in total. The van der Waals surface area contributed by atoms with Crippen molar-refractivity contribution in [2.45, 2.75) is 63.7 Å². The highest BCUT2D eigenvalue weighted by Crippen LogP contribution is 2.34. The monoisotopic (exact) mass is 416 g/mol. The van der Waals surface area contributed by atoms with Gasteiger partial charge in [-0.15, -0.1) is 0 Å². The molecule has 1 N–H and O–H groups in total. The summed E-state index contributed by atoms with van der Waals surface area (Å²) >= 11 is 0. The highest BCUT2D eigenvalue weighted by molar-refractivity contribution is 6.03. The summed E-state index contributed by atoms with van der Waals surface area (Å²) in [6.07, 6.45) is 9.02. The van der Waals surface area contributed by atoms with Crippen molar-refractivity contribution in [3.8, 4) is 0 Å². The predicted molar refractivity (Wildman–Crippen MR) is 119 cm³/mol. The number of pyridine rings is 1. The lowest BCUT2D eigenvalue weighted by Gasteiger charge is -2.45. The molecule has 3 heterocycles. The van der Waals surface area contributed by atoms with Crippen LogP contribution in [0.25, 0.3) is 10.9 Å². The van der Waals surface area contributed by atoms with Crippen LogP contribution in [0, 0.1) is 0 Å². The zero-order chi connectivity index (χ0) is 21.4. The van der Waals surface area contributed by atoms with Gasteiger partial charge in [-0.05, 0) is 43.5 Å². The molecular formula is C25H28N4O2. The van der Waals surface area contributed by atoms with Crippen molar-refractivity contribution in [2.24, 2.45) is 0 Å². The fourth-order valence-corrected chi connectivity index (χ4v) is 5.02. The fourth-order valence-electron chi connectivity index (χ4n) is 5.02. The van der Waals surface area contributed by atoms with Crippen LogP contribution in [0.4, 0.5) is 0 Å². The third kappa shape index (κ3) is 3.50. The van der Waals surface area contributed by atoms with Crippen LogP contribution < -0.4 is 5.32 Å². The number of nitrogens with zero attached hydrogens (tertiary/aromatic N) is 3. The molecule has 0 saturated heterocycles. The molecule has 1 atom stereocenters. The van der Waals surface area contributed by atoms with Crippen LogP contribution in [-0.4, -0.2) is 37.8 Å². The minimum Gasteiger partial charge on any atom is -0.351 e. The maximum absolute atomic E-state index is 13.7. The van der Waals surface area contributed by atoms with Gasteiger partial charge >= 0.3 is 0 Å². The first-order chi connectivity index (χ1) is 15.1. The molecule has 3 aromatic rings. The summed E-state index contributed by atoms with van der Waals surface area (Å²) in [7, 11) is 0. The Bertz CT molecular complexity index is 1120. The van der Waals surface area contributed by atoms with E-state index in [1.807, 2.05) is 54.0 Å². The third-order valence-electron chi connectivity index (χ3n) is 6.83. The molecule has 0 unspecified atom stereocenters. The first-order valence-corrected chi connectivity index (χ1v) is 11.2. The molecule has 1 fully saturated rings. The highest BCUT2D eigenvalue weighted by atomic mass is 16.2. The van der Waals surface area contributed by atoms with Gasteiger partial charge in [0.2, 0.25) is 5.91 Å². The summed E-state index contributed by atoms with van der Waals surface area (Å²) < 4.78 is 2.01. The minimum atomic E-state index is -0.987. The van der Waals surface area contributed by atoms with Gasteiger partial charge in [-0.1, -0.05) is 43.5 Å². The molecule has 0 spiro atoms. The summed E-state index contributed by atoms with van der Waals surface area (Å²) in [5, 5.41) is 4.29. The molecule has 0 bridgehead atoms. The quantitative estimate of drug-likeness (QED) is 0.701. The van der Waals surface area contributed by atoms with Gasteiger partial charge in [0.1, 0.15) is 11.2 Å².